The SMILES string of the molecule is [Se]C1=NCCS1. The predicted molar refractivity (Wildman–Crippen MR) is 30.5 cm³/mol. The molecule has 6 heavy (non-hydrogen) atoms. The van der Waals surface area contributed by atoms with Crippen LogP contribution in [0.2, 0.25) is 0 Å². The van der Waals surface area contributed by atoms with Gasteiger partial charge in [0.25, 0.3) is 0 Å². The fraction of sp³-hybridized carbons (Fsp3) is 0.667. The molecule has 0 aromatic rings. The Labute approximate surface area is 49.4 Å². The van der Waals surface area contributed by atoms with Crippen molar-refractivity contribution in [2.45, 2.75) is 0 Å². The van der Waals surface area contributed by atoms with Crippen molar-refractivity contribution in [3.8, 4) is 0 Å². The van der Waals surface area contributed by atoms with Gasteiger partial charge in [-0.1, -0.05) is 0 Å². The minimum absolute atomic E-state index is 1.01. The van der Waals surface area contributed by atoms with Crippen LogP contribution in [-0.2, 0) is 0 Å². The van der Waals surface area contributed by atoms with E-state index >= 15 is 0 Å². The van der Waals surface area contributed by atoms with Gasteiger partial charge in [-0.25, -0.2) is 0 Å². The van der Waals surface area contributed by atoms with Crippen molar-refractivity contribution in [3.63, 3.8) is 0 Å². The van der Waals surface area contributed by atoms with Crippen LogP contribution >= 0.6 is 11.8 Å². The molecular weight excluding hydrogens is 161 g/mol. The van der Waals surface area contributed by atoms with Gasteiger partial charge in [-0.05, 0) is 0 Å². The van der Waals surface area contributed by atoms with Crippen molar-refractivity contribution in [3.05, 3.63) is 0 Å². The van der Waals surface area contributed by atoms with Crippen LogP contribution in [0.4, 0.5) is 0 Å². The minimum atomic E-state index is 1.01. The van der Waals surface area contributed by atoms with Gasteiger partial charge < -0.3 is 0 Å². The fourth-order valence-corrected chi connectivity index (χ4v) is 1.57. The van der Waals surface area contributed by atoms with Gasteiger partial charge >= 0.3 is 49.0 Å². The maximum absolute atomic E-state index is 4.06. The first-order chi connectivity index (χ1) is 2.89. The van der Waals surface area contributed by atoms with Crippen molar-refractivity contribution in [2.24, 2.45) is 4.99 Å². The topological polar surface area (TPSA) is 12.4 Å². The molecule has 0 atom stereocenters. The molecule has 1 radical (unpaired) electrons. The standard InChI is InChI=1S/C3H4NSSe/c6-3-4-1-2-5-3/h1-2H2. The van der Waals surface area contributed by atoms with Crippen LogP contribution in [0.3, 0.4) is 0 Å². The molecule has 0 fully saturated rings. The zero-order valence-electron chi connectivity index (χ0n) is 3.18. The first-order valence-electron chi connectivity index (χ1n) is 1.74. The van der Waals surface area contributed by atoms with Crippen molar-refractivity contribution in [2.75, 3.05) is 12.3 Å². The molecule has 1 nitrogen and oxygen atoms in total. The van der Waals surface area contributed by atoms with E-state index in [0.29, 0.717) is 0 Å². The number of hydrogen-bond acceptors (Lipinski definition) is 2. The molecule has 1 heterocycles. The summed E-state index contributed by atoms with van der Waals surface area (Å²) in [5, 5.41) is 0. The fourth-order valence-electron chi connectivity index (χ4n) is 0.316. The first-order valence-corrected chi connectivity index (χ1v) is 3.58. The Morgan fingerprint density at radius 1 is 1.83 bits per heavy atom. The van der Waals surface area contributed by atoms with E-state index in [1.165, 1.54) is 5.75 Å². The van der Waals surface area contributed by atoms with Gasteiger partial charge in [0.05, 0.1) is 0 Å². The summed E-state index contributed by atoms with van der Waals surface area (Å²) in [6, 6.07) is 0. The Bertz CT molecular complexity index is 80.9. The molecule has 3 heteroatoms. The van der Waals surface area contributed by atoms with Crippen LogP contribution in [0.25, 0.3) is 0 Å². The van der Waals surface area contributed by atoms with Gasteiger partial charge in [-0.2, -0.15) is 0 Å². The predicted octanol–water partition coefficient (Wildman–Crippen LogP) is 0.258. The Morgan fingerprint density at radius 3 is 2.83 bits per heavy atom. The zero-order valence-corrected chi connectivity index (χ0v) is 5.71. The molecule has 0 aromatic carbocycles. The van der Waals surface area contributed by atoms with E-state index in [1.54, 1.807) is 11.8 Å². The van der Waals surface area contributed by atoms with E-state index in [9.17, 15) is 0 Å². The van der Waals surface area contributed by atoms with E-state index in [1.807, 2.05) is 0 Å². The molecule has 1 rings (SSSR count). The van der Waals surface area contributed by atoms with Gasteiger partial charge in [0, 0.05) is 0 Å². The Hall–Kier alpha value is 0.539. The van der Waals surface area contributed by atoms with Gasteiger partial charge in [-0.3, -0.25) is 0 Å². The third-order valence-corrected chi connectivity index (χ3v) is 2.33. The zero-order chi connectivity index (χ0) is 4.41. The van der Waals surface area contributed by atoms with Gasteiger partial charge in [0.2, 0.25) is 0 Å². The summed E-state index contributed by atoms with van der Waals surface area (Å²) >= 11 is 4.64. The monoisotopic (exact) mass is 166 g/mol. The summed E-state index contributed by atoms with van der Waals surface area (Å²) < 4.78 is 1.12. The second-order valence-electron chi connectivity index (χ2n) is 0.996. The average molecular weight is 165 g/mol. The molecule has 0 saturated carbocycles. The summed E-state index contributed by atoms with van der Waals surface area (Å²) in [5.41, 5.74) is 0. The number of nitrogens with zero attached hydrogens (tertiary/aromatic N) is 1. The van der Waals surface area contributed by atoms with Gasteiger partial charge in [-0.15, -0.1) is 0 Å². The van der Waals surface area contributed by atoms with Crippen molar-refractivity contribution in [1.82, 2.24) is 0 Å². The second kappa shape index (κ2) is 2.01. The average Bonchev–Trinajstić information content (AvgIpc) is 1.86. The van der Waals surface area contributed by atoms with E-state index in [0.717, 1.165) is 10.5 Å². The van der Waals surface area contributed by atoms with Crippen LogP contribution in [0, 0.1) is 0 Å². The number of rotatable bonds is 0. The number of hydrogen-bond donors (Lipinski definition) is 0. The number of thioether (sulfide) groups is 1. The molecule has 0 aliphatic carbocycles. The second-order valence-corrected chi connectivity index (χ2v) is 3.47. The molecule has 0 saturated heterocycles. The Morgan fingerprint density at radius 2 is 2.67 bits per heavy atom. The van der Waals surface area contributed by atoms with Crippen LogP contribution in [0.5, 0.6) is 0 Å². The van der Waals surface area contributed by atoms with E-state index in [4.69, 9.17) is 0 Å². The molecule has 0 amide bonds. The summed E-state index contributed by atoms with van der Waals surface area (Å²) in [5.74, 6) is 1.17. The van der Waals surface area contributed by atoms with Crippen LogP contribution in [0.15, 0.2) is 4.99 Å². The van der Waals surface area contributed by atoms with Gasteiger partial charge in [0.1, 0.15) is 0 Å². The molecular formula is C3H4NSSe. The van der Waals surface area contributed by atoms with Crippen molar-refractivity contribution in [1.29, 1.82) is 0 Å². The van der Waals surface area contributed by atoms with Crippen molar-refractivity contribution < 1.29 is 0 Å². The van der Waals surface area contributed by atoms with E-state index in [-0.39, 0.29) is 0 Å². The molecule has 0 spiro atoms. The molecule has 33 valence electrons. The summed E-state index contributed by atoms with van der Waals surface area (Å²) in [6.07, 6.45) is 0. The molecule has 1 aliphatic rings. The first kappa shape index (κ1) is 4.69. The van der Waals surface area contributed by atoms with Crippen LogP contribution < -0.4 is 0 Å². The summed E-state index contributed by atoms with van der Waals surface area (Å²) in [6.45, 7) is 1.01. The molecule has 0 N–H and O–H groups in total. The third kappa shape index (κ3) is 1.00. The van der Waals surface area contributed by atoms with E-state index in [2.05, 4.69) is 21.0 Å². The molecule has 1 aliphatic heterocycles. The Balaban J connectivity index is 2.45. The van der Waals surface area contributed by atoms with Crippen molar-refractivity contribution >= 4 is 31.7 Å². The molecule has 0 bridgehead atoms. The summed E-state index contributed by atoms with van der Waals surface area (Å²) in [4.78, 5) is 4.06. The summed E-state index contributed by atoms with van der Waals surface area (Å²) in [7, 11) is 0. The van der Waals surface area contributed by atoms with E-state index < -0.39 is 0 Å². The molecule has 0 aromatic heterocycles. The van der Waals surface area contributed by atoms with Crippen LogP contribution in [0.1, 0.15) is 0 Å². The quantitative estimate of drug-likeness (QED) is 0.469. The van der Waals surface area contributed by atoms with Gasteiger partial charge in [0.15, 0.2) is 0 Å². The number of aliphatic imine (C=N–C) groups is 1. The maximum atomic E-state index is 4.06. The Kier molecular flexibility index (Phi) is 1.57. The normalized spacial score (nSPS) is 21.0. The third-order valence-electron chi connectivity index (χ3n) is 0.558. The van der Waals surface area contributed by atoms with Crippen LogP contribution in [-0.4, -0.2) is 32.3 Å². The molecule has 0 unspecified atom stereocenters.